The second-order valence-corrected chi connectivity index (χ2v) is 8.86. The molecule has 33 heavy (non-hydrogen) atoms. The highest BCUT2D eigenvalue weighted by molar-refractivity contribution is 8.00. The van der Waals surface area contributed by atoms with Gasteiger partial charge >= 0.3 is 5.97 Å². The maximum absolute atomic E-state index is 13.1. The van der Waals surface area contributed by atoms with Gasteiger partial charge in [0.25, 0.3) is 0 Å². The number of pyridine rings is 1. The number of ether oxygens (including phenoxy) is 2. The molecule has 3 aromatic rings. The first-order valence-corrected chi connectivity index (χ1v) is 11.5. The molecule has 0 aliphatic carbocycles. The van der Waals surface area contributed by atoms with Crippen molar-refractivity contribution >= 4 is 27.6 Å². The molecule has 0 fully saturated rings. The van der Waals surface area contributed by atoms with Crippen LogP contribution in [0.15, 0.2) is 53.7 Å². The summed E-state index contributed by atoms with van der Waals surface area (Å²) >= 11 is 0. The predicted octanol–water partition coefficient (Wildman–Crippen LogP) is 4.30. The number of aryl methyl sites for hydroxylation is 1. The Morgan fingerprint density at radius 2 is 1.94 bits per heavy atom. The predicted molar refractivity (Wildman–Crippen MR) is 125 cm³/mol. The van der Waals surface area contributed by atoms with E-state index in [0.717, 1.165) is 22.4 Å². The Hall–Kier alpha value is -3.59. The van der Waals surface area contributed by atoms with E-state index >= 15 is 0 Å². The van der Waals surface area contributed by atoms with Crippen molar-refractivity contribution in [3.63, 3.8) is 0 Å². The van der Waals surface area contributed by atoms with Gasteiger partial charge in [0.2, 0.25) is 0 Å². The minimum absolute atomic E-state index is 0.183. The number of nitrogens with one attached hydrogen (secondary N) is 1. The number of halogens is 1. The van der Waals surface area contributed by atoms with E-state index in [4.69, 9.17) is 9.47 Å². The van der Waals surface area contributed by atoms with E-state index in [1.165, 1.54) is 24.3 Å². The molecule has 1 atom stereocenters. The molecule has 2 heterocycles. The lowest BCUT2D eigenvalue weighted by molar-refractivity contribution is 0.0735. The van der Waals surface area contributed by atoms with Crippen LogP contribution in [0.25, 0.3) is 0 Å². The summed E-state index contributed by atoms with van der Waals surface area (Å²) in [6.07, 6.45) is 1.70. The zero-order chi connectivity index (χ0) is 23.5. The van der Waals surface area contributed by atoms with Crippen molar-refractivity contribution in [3.05, 3.63) is 82.4 Å². The normalized spacial score (nSPS) is 13.4. The van der Waals surface area contributed by atoms with E-state index < -0.39 is 22.6 Å². The quantitative estimate of drug-likeness (QED) is 0.445. The average Bonchev–Trinajstić information content (AvgIpc) is 2.81. The van der Waals surface area contributed by atoms with Gasteiger partial charge in [0, 0.05) is 29.1 Å². The highest BCUT2D eigenvalue weighted by Gasteiger charge is 2.20. The van der Waals surface area contributed by atoms with E-state index in [1.807, 2.05) is 13.8 Å². The van der Waals surface area contributed by atoms with Crippen LogP contribution in [0.3, 0.4) is 0 Å². The fraction of sp³-hybridized carbons (Fsp3) is 0.208. The van der Waals surface area contributed by atoms with Crippen LogP contribution in [-0.4, -0.2) is 27.4 Å². The van der Waals surface area contributed by atoms with Gasteiger partial charge in [-0.1, -0.05) is 6.07 Å². The molecule has 7 nitrogen and oxygen atoms in total. The number of rotatable bonds is 5. The SMILES string of the molecule is COc1c(C)cnc(CS(=O)C2=NCc3ccc(OC(=O)c4ccc(F)cc4)cc3N2)c1C. The van der Waals surface area contributed by atoms with Crippen LogP contribution in [0, 0.1) is 19.7 Å². The third kappa shape index (κ3) is 4.93. The number of fused-ring (bicyclic) bond motifs is 1. The molecule has 1 aliphatic heterocycles. The average molecular weight is 468 g/mol. The van der Waals surface area contributed by atoms with Gasteiger partial charge in [0.05, 0.1) is 41.5 Å². The summed E-state index contributed by atoms with van der Waals surface area (Å²) in [7, 11) is 0.134. The number of esters is 1. The molecule has 1 unspecified atom stereocenters. The summed E-state index contributed by atoms with van der Waals surface area (Å²) in [4.78, 5) is 21.1. The summed E-state index contributed by atoms with van der Waals surface area (Å²) in [6.45, 7) is 4.14. The van der Waals surface area contributed by atoms with Gasteiger partial charge in [0.1, 0.15) is 17.3 Å². The molecule has 0 radical (unpaired) electrons. The zero-order valence-electron chi connectivity index (χ0n) is 18.3. The number of hydrogen-bond donors (Lipinski definition) is 1. The molecule has 0 amide bonds. The van der Waals surface area contributed by atoms with Crippen LogP contribution in [0.5, 0.6) is 11.5 Å². The summed E-state index contributed by atoms with van der Waals surface area (Å²) in [6, 6.07) is 10.2. The molecule has 0 saturated heterocycles. The topological polar surface area (TPSA) is 89.9 Å². The monoisotopic (exact) mass is 467 g/mol. The lowest BCUT2D eigenvalue weighted by Gasteiger charge is -2.19. The molecule has 0 spiro atoms. The largest absolute Gasteiger partial charge is 0.496 e. The first-order valence-electron chi connectivity index (χ1n) is 10.2. The third-order valence-corrected chi connectivity index (χ3v) is 6.44. The Morgan fingerprint density at radius 1 is 1.18 bits per heavy atom. The summed E-state index contributed by atoms with van der Waals surface area (Å²) in [5.74, 6) is 0.192. The number of aliphatic imine (C=N–C) groups is 1. The molecule has 4 rings (SSSR count). The number of methoxy groups -OCH3 is 1. The highest BCUT2D eigenvalue weighted by Crippen LogP contribution is 2.28. The Labute approximate surface area is 193 Å². The van der Waals surface area contributed by atoms with Gasteiger partial charge in [0.15, 0.2) is 5.17 Å². The molecule has 1 aliphatic rings. The van der Waals surface area contributed by atoms with Crippen molar-refractivity contribution < 1.29 is 22.9 Å². The second kappa shape index (κ2) is 9.50. The van der Waals surface area contributed by atoms with E-state index in [0.29, 0.717) is 28.8 Å². The lowest BCUT2D eigenvalue weighted by Crippen LogP contribution is -2.24. The van der Waals surface area contributed by atoms with Gasteiger partial charge in [-0.05, 0) is 49.7 Å². The Morgan fingerprint density at radius 3 is 2.67 bits per heavy atom. The summed E-state index contributed by atoms with van der Waals surface area (Å²) < 4.78 is 36.9. The molecular formula is C24H22FN3O4S. The third-order valence-electron chi connectivity index (χ3n) is 5.24. The number of aromatic nitrogens is 1. The lowest BCUT2D eigenvalue weighted by atomic mass is 10.1. The zero-order valence-corrected chi connectivity index (χ0v) is 19.2. The summed E-state index contributed by atoms with van der Waals surface area (Å²) in [5.41, 5.74) is 4.20. The molecule has 0 saturated carbocycles. The molecule has 1 aromatic heterocycles. The van der Waals surface area contributed by atoms with Crippen LogP contribution >= 0.6 is 0 Å². The van der Waals surface area contributed by atoms with Crippen LogP contribution < -0.4 is 14.8 Å². The maximum atomic E-state index is 13.1. The van der Waals surface area contributed by atoms with Crippen LogP contribution in [0.1, 0.15) is 32.7 Å². The molecule has 170 valence electrons. The molecule has 9 heteroatoms. The van der Waals surface area contributed by atoms with Crippen molar-refractivity contribution in [1.82, 2.24) is 4.98 Å². The number of benzene rings is 2. The minimum atomic E-state index is -1.46. The number of hydrogen-bond acceptors (Lipinski definition) is 7. The van der Waals surface area contributed by atoms with Gasteiger partial charge in [-0.15, -0.1) is 0 Å². The van der Waals surface area contributed by atoms with Gasteiger partial charge < -0.3 is 14.8 Å². The smallest absolute Gasteiger partial charge is 0.343 e. The molecule has 1 N–H and O–H groups in total. The van der Waals surface area contributed by atoms with Crippen LogP contribution in [-0.2, 0) is 23.1 Å². The van der Waals surface area contributed by atoms with E-state index in [9.17, 15) is 13.4 Å². The molecule has 0 bridgehead atoms. The second-order valence-electron chi connectivity index (χ2n) is 7.50. The number of nitrogens with zero attached hydrogens (tertiary/aromatic N) is 2. The van der Waals surface area contributed by atoms with Crippen molar-refractivity contribution in [2.45, 2.75) is 26.1 Å². The van der Waals surface area contributed by atoms with Crippen molar-refractivity contribution in [2.75, 3.05) is 12.4 Å². The summed E-state index contributed by atoms with van der Waals surface area (Å²) in [5, 5.41) is 3.41. The van der Waals surface area contributed by atoms with Crippen LogP contribution in [0.4, 0.5) is 10.1 Å². The first-order chi connectivity index (χ1) is 15.9. The number of anilines is 1. The number of carbonyl (C=O) groups excluding carboxylic acids is 1. The first kappa shape index (κ1) is 22.6. The fourth-order valence-corrected chi connectivity index (χ4v) is 4.58. The van der Waals surface area contributed by atoms with E-state index in [-0.39, 0.29) is 11.3 Å². The Bertz CT molecular complexity index is 1280. The van der Waals surface area contributed by atoms with E-state index in [2.05, 4.69) is 15.3 Å². The molecule has 2 aromatic carbocycles. The van der Waals surface area contributed by atoms with Gasteiger partial charge in [-0.2, -0.15) is 0 Å². The van der Waals surface area contributed by atoms with E-state index in [1.54, 1.807) is 31.5 Å². The Kier molecular flexibility index (Phi) is 6.50. The van der Waals surface area contributed by atoms with Crippen molar-refractivity contribution in [1.29, 1.82) is 0 Å². The van der Waals surface area contributed by atoms with Crippen molar-refractivity contribution in [3.8, 4) is 11.5 Å². The highest BCUT2D eigenvalue weighted by atomic mass is 32.2. The van der Waals surface area contributed by atoms with Gasteiger partial charge in [-0.25, -0.2) is 9.18 Å². The number of amidine groups is 1. The fourth-order valence-electron chi connectivity index (χ4n) is 3.47. The standard InChI is InChI=1S/C24H22FN3O4S/c1-14-11-26-21(15(2)22(14)31-3)13-33(30)24-27-12-17-6-9-19(10-20(17)28-24)32-23(29)16-4-7-18(25)8-5-16/h4-11H,12-13H2,1-3H3,(H,27,28). The van der Waals surface area contributed by atoms with Crippen LogP contribution in [0.2, 0.25) is 0 Å². The minimum Gasteiger partial charge on any atom is -0.496 e. The maximum Gasteiger partial charge on any atom is 0.343 e. The van der Waals surface area contributed by atoms with Crippen molar-refractivity contribution in [2.24, 2.45) is 4.99 Å². The molecular weight excluding hydrogens is 445 g/mol. The van der Waals surface area contributed by atoms with Gasteiger partial charge in [-0.3, -0.25) is 14.2 Å². The number of carbonyl (C=O) groups is 1. The Balaban J connectivity index is 1.47.